The lowest BCUT2D eigenvalue weighted by Crippen LogP contribution is -2.46. The number of pyridine rings is 1. The zero-order chi connectivity index (χ0) is 15.4. The molecule has 1 aromatic rings. The number of amides is 1. The fourth-order valence-electron chi connectivity index (χ4n) is 3.55. The Morgan fingerprint density at radius 1 is 1.41 bits per heavy atom. The number of hydrogen-bond donors (Lipinski definition) is 0. The lowest BCUT2D eigenvalue weighted by molar-refractivity contribution is -0.0392. The van der Waals surface area contributed by atoms with Crippen molar-refractivity contribution in [1.82, 2.24) is 9.88 Å². The van der Waals surface area contributed by atoms with Crippen LogP contribution in [0.4, 0.5) is 0 Å². The molecule has 2 aliphatic heterocycles. The summed E-state index contributed by atoms with van der Waals surface area (Å²) in [5.74, 6) is 0.702. The van der Waals surface area contributed by atoms with Crippen molar-refractivity contribution in [3.63, 3.8) is 0 Å². The summed E-state index contributed by atoms with van der Waals surface area (Å²) in [5.41, 5.74) is 0.712. The molecule has 2 aliphatic rings. The maximum Gasteiger partial charge on any atom is 0.253 e. The van der Waals surface area contributed by atoms with Crippen LogP contribution in [0, 0.1) is 5.92 Å². The Kier molecular flexibility index (Phi) is 4.74. The van der Waals surface area contributed by atoms with Gasteiger partial charge in [0.25, 0.3) is 5.91 Å². The molecular weight excluding hydrogens is 280 g/mol. The molecule has 120 valence electrons. The second kappa shape index (κ2) is 6.75. The summed E-state index contributed by atoms with van der Waals surface area (Å²) < 4.78 is 11.3. The maximum atomic E-state index is 12.4. The van der Waals surface area contributed by atoms with E-state index in [4.69, 9.17) is 9.47 Å². The van der Waals surface area contributed by atoms with Crippen LogP contribution in [-0.4, -0.2) is 54.8 Å². The zero-order valence-corrected chi connectivity index (χ0v) is 13.2. The van der Waals surface area contributed by atoms with E-state index in [9.17, 15) is 4.79 Å². The van der Waals surface area contributed by atoms with E-state index in [1.807, 2.05) is 4.90 Å². The minimum Gasteiger partial charge on any atom is -0.385 e. The van der Waals surface area contributed by atoms with E-state index in [2.05, 4.69) is 4.98 Å². The Morgan fingerprint density at radius 2 is 2.14 bits per heavy atom. The molecule has 3 heterocycles. The molecule has 1 amide bonds. The molecule has 1 unspecified atom stereocenters. The summed E-state index contributed by atoms with van der Waals surface area (Å²) in [7, 11) is 1.74. The number of rotatable bonds is 4. The third kappa shape index (κ3) is 3.31. The van der Waals surface area contributed by atoms with Gasteiger partial charge in [-0.15, -0.1) is 0 Å². The van der Waals surface area contributed by atoms with Crippen LogP contribution in [-0.2, 0) is 9.47 Å². The molecule has 3 rings (SSSR count). The van der Waals surface area contributed by atoms with Gasteiger partial charge in [0, 0.05) is 44.8 Å². The van der Waals surface area contributed by atoms with Crippen molar-refractivity contribution in [2.45, 2.75) is 31.3 Å². The first-order valence-corrected chi connectivity index (χ1v) is 8.05. The first-order valence-electron chi connectivity index (χ1n) is 8.05. The second-order valence-electron chi connectivity index (χ2n) is 6.37. The average molecular weight is 304 g/mol. The number of piperidine rings is 1. The van der Waals surface area contributed by atoms with Gasteiger partial charge in [-0.2, -0.15) is 0 Å². The summed E-state index contributed by atoms with van der Waals surface area (Å²) in [6, 6.07) is 3.55. The molecule has 5 heteroatoms. The normalized spacial score (nSPS) is 23.9. The van der Waals surface area contributed by atoms with Crippen LogP contribution in [0.25, 0.3) is 0 Å². The monoisotopic (exact) mass is 304 g/mol. The lowest BCUT2D eigenvalue weighted by atomic mass is 9.84. The van der Waals surface area contributed by atoms with Gasteiger partial charge < -0.3 is 14.4 Å². The molecule has 0 N–H and O–H groups in total. The molecule has 1 atom stereocenters. The maximum absolute atomic E-state index is 12.4. The smallest absolute Gasteiger partial charge is 0.253 e. The van der Waals surface area contributed by atoms with Crippen molar-refractivity contribution in [1.29, 1.82) is 0 Å². The Labute approximate surface area is 131 Å². The predicted molar refractivity (Wildman–Crippen MR) is 82.7 cm³/mol. The first-order chi connectivity index (χ1) is 10.7. The van der Waals surface area contributed by atoms with Crippen molar-refractivity contribution in [3.05, 3.63) is 30.1 Å². The summed E-state index contributed by atoms with van der Waals surface area (Å²) in [6.45, 7) is 3.19. The molecule has 0 radical (unpaired) electrons. The molecule has 0 aliphatic carbocycles. The number of aromatic nitrogens is 1. The third-order valence-corrected chi connectivity index (χ3v) is 4.91. The van der Waals surface area contributed by atoms with Crippen LogP contribution in [0.15, 0.2) is 24.5 Å². The van der Waals surface area contributed by atoms with Gasteiger partial charge in [-0.25, -0.2) is 0 Å². The molecule has 5 nitrogen and oxygen atoms in total. The number of methoxy groups -OCH3 is 1. The highest BCUT2D eigenvalue weighted by atomic mass is 16.5. The Morgan fingerprint density at radius 3 is 2.82 bits per heavy atom. The number of nitrogens with zero attached hydrogens (tertiary/aromatic N) is 2. The number of ether oxygens (including phenoxy) is 2. The van der Waals surface area contributed by atoms with Crippen molar-refractivity contribution >= 4 is 5.91 Å². The quantitative estimate of drug-likeness (QED) is 0.855. The summed E-state index contributed by atoms with van der Waals surface area (Å²) in [4.78, 5) is 18.3. The number of likely N-dealkylation sites (tertiary alicyclic amines) is 1. The van der Waals surface area contributed by atoms with Crippen LogP contribution in [0.1, 0.15) is 36.0 Å². The van der Waals surface area contributed by atoms with E-state index < -0.39 is 0 Å². The topological polar surface area (TPSA) is 51.7 Å². The van der Waals surface area contributed by atoms with Crippen molar-refractivity contribution < 1.29 is 14.3 Å². The Hall–Kier alpha value is -1.46. The Balaban J connectivity index is 1.54. The van der Waals surface area contributed by atoms with E-state index in [1.165, 1.54) is 0 Å². The standard InChI is InChI=1S/C17H24N2O3/c1-21-11-4-14-12-17(22-13-14)5-9-19(10-6-17)16(20)15-2-7-18-8-3-15/h2-3,7-8,14H,4-6,9-13H2,1H3. The molecule has 22 heavy (non-hydrogen) atoms. The molecule has 1 spiro atoms. The van der Waals surface area contributed by atoms with Gasteiger partial charge in [-0.3, -0.25) is 9.78 Å². The molecule has 0 saturated carbocycles. The molecule has 0 bridgehead atoms. The summed E-state index contributed by atoms with van der Waals surface area (Å²) in [5, 5.41) is 0. The predicted octanol–water partition coefficient (Wildman–Crippen LogP) is 2.13. The van der Waals surface area contributed by atoms with E-state index in [1.54, 1.807) is 31.6 Å². The molecular formula is C17H24N2O3. The fourth-order valence-corrected chi connectivity index (χ4v) is 3.55. The van der Waals surface area contributed by atoms with Crippen LogP contribution in [0.5, 0.6) is 0 Å². The van der Waals surface area contributed by atoms with E-state index >= 15 is 0 Å². The number of hydrogen-bond acceptors (Lipinski definition) is 4. The van der Waals surface area contributed by atoms with Gasteiger partial charge in [0.1, 0.15) is 0 Å². The largest absolute Gasteiger partial charge is 0.385 e. The highest BCUT2D eigenvalue weighted by Gasteiger charge is 2.43. The van der Waals surface area contributed by atoms with Gasteiger partial charge in [0.05, 0.1) is 12.2 Å². The molecule has 2 saturated heterocycles. The van der Waals surface area contributed by atoms with E-state index in [-0.39, 0.29) is 11.5 Å². The van der Waals surface area contributed by atoms with Gasteiger partial charge in [0.15, 0.2) is 0 Å². The van der Waals surface area contributed by atoms with Crippen LogP contribution >= 0.6 is 0 Å². The van der Waals surface area contributed by atoms with Gasteiger partial charge in [0.2, 0.25) is 0 Å². The van der Waals surface area contributed by atoms with Crippen molar-refractivity contribution in [2.75, 3.05) is 33.4 Å². The van der Waals surface area contributed by atoms with Gasteiger partial charge in [-0.05, 0) is 43.7 Å². The second-order valence-corrected chi connectivity index (χ2v) is 6.37. The summed E-state index contributed by atoms with van der Waals surface area (Å²) >= 11 is 0. The zero-order valence-electron chi connectivity index (χ0n) is 13.2. The Bertz CT molecular complexity index is 498. The van der Waals surface area contributed by atoms with Crippen molar-refractivity contribution in [2.24, 2.45) is 5.92 Å². The van der Waals surface area contributed by atoms with Crippen molar-refractivity contribution in [3.8, 4) is 0 Å². The van der Waals surface area contributed by atoms with E-state index in [0.29, 0.717) is 5.92 Å². The average Bonchev–Trinajstić information content (AvgIpc) is 2.96. The third-order valence-electron chi connectivity index (χ3n) is 4.91. The highest BCUT2D eigenvalue weighted by Crippen LogP contribution is 2.39. The molecule has 2 fully saturated rings. The highest BCUT2D eigenvalue weighted by molar-refractivity contribution is 5.94. The minimum atomic E-state index is -0.00652. The SMILES string of the molecule is COCCC1COC2(CCN(C(=O)c3ccncc3)CC2)C1. The molecule has 1 aromatic heterocycles. The lowest BCUT2D eigenvalue weighted by Gasteiger charge is -2.38. The van der Waals surface area contributed by atoms with Gasteiger partial charge in [-0.1, -0.05) is 0 Å². The number of carbonyl (C=O) groups is 1. The van der Waals surface area contributed by atoms with Crippen LogP contribution < -0.4 is 0 Å². The number of carbonyl (C=O) groups excluding carboxylic acids is 1. The molecule has 0 aromatic carbocycles. The van der Waals surface area contributed by atoms with Crippen LogP contribution in [0.3, 0.4) is 0 Å². The van der Waals surface area contributed by atoms with Crippen LogP contribution in [0.2, 0.25) is 0 Å². The minimum absolute atomic E-state index is 0.00652. The summed E-state index contributed by atoms with van der Waals surface area (Å²) in [6.07, 6.45) is 7.38. The first kappa shape index (κ1) is 15.4. The fraction of sp³-hybridized carbons (Fsp3) is 0.647. The van der Waals surface area contributed by atoms with E-state index in [0.717, 1.165) is 57.6 Å². The van der Waals surface area contributed by atoms with Gasteiger partial charge >= 0.3 is 0 Å².